The minimum Gasteiger partial charge on any atom is -0.368 e. The van der Waals surface area contributed by atoms with E-state index < -0.39 is 12.7 Å². The van der Waals surface area contributed by atoms with Crippen LogP contribution in [0.1, 0.15) is 58.3 Å². The van der Waals surface area contributed by atoms with Gasteiger partial charge in [0.25, 0.3) is 0 Å². The summed E-state index contributed by atoms with van der Waals surface area (Å²) in [5, 5.41) is 13.0. The molecule has 4 aliphatic carbocycles. The number of alkyl halides is 2. The van der Waals surface area contributed by atoms with Gasteiger partial charge in [0, 0.05) is 36.6 Å². The number of halogens is 2. The van der Waals surface area contributed by atoms with Crippen LogP contribution in [0.5, 0.6) is 0 Å². The predicted molar refractivity (Wildman–Crippen MR) is 109 cm³/mol. The lowest BCUT2D eigenvalue weighted by Gasteiger charge is -2.71. The van der Waals surface area contributed by atoms with Gasteiger partial charge in [0.15, 0.2) is 0 Å². The molecule has 0 aromatic heterocycles. The van der Waals surface area contributed by atoms with E-state index in [0.29, 0.717) is 24.9 Å². The largest absolute Gasteiger partial charge is 0.368 e. The number of fused-ring (bicyclic) bond motifs is 1. The molecule has 0 aromatic rings. The average Bonchev–Trinajstić information content (AvgIpc) is 3.04. The highest BCUT2D eigenvalue weighted by molar-refractivity contribution is 5.79. The Kier molecular flexibility index (Phi) is 5.98. The second-order valence-corrected chi connectivity index (χ2v) is 10.4. The SMILES string of the molecule is CC1CC2C(NC34CC(NC(=O)COC5CCCC(OC(F)F)C5)(C3)C4)NCCN2N1. The van der Waals surface area contributed by atoms with Gasteiger partial charge in [-0.05, 0) is 51.9 Å². The smallest absolute Gasteiger partial charge is 0.345 e. The molecule has 6 rings (SSSR count). The van der Waals surface area contributed by atoms with E-state index in [1.807, 2.05) is 0 Å². The topological polar surface area (TPSA) is 86.9 Å². The quantitative estimate of drug-likeness (QED) is 0.442. The summed E-state index contributed by atoms with van der Waals surface area (Å²) >= 11 is 0. The fraction of sp³-hybridized carbons (Fsp3) is 0.952. The van der Waals surface area contributed by atoms with E-state index >= 15 is 0 Å². The Morgan fingerprint density at radius 1 is 1.19 bits per heavy atom. The van der Waals surface area contributed by atoms with E-state index in [-0.39, 0.29) is 35.9 Å². The van der Waals surface area contributed by atoms with Crippen LogP contribution in [0.2, 0.25) is 0 Å². The van der Waals surface area contributed by atoms with Crippen molar-refractivity contribution in [3.63, 3.8) is 0 Å². The van der Waals surface area contributed by atoms with Gasteiger partial charge in [0.05, 0.1) is 24.4 Å². The molecule has 4 saturated carbocycles. The van der Waals surface area contributed by atoms with Crippen molar-refractivity contribution >= 4 is 5.91 Å². The Balaban J connectivity index is 1.03. The molecule has 0 radical (unpaired) electrons. The Hall–Kier alpha value is -0.910. The third kappa shape index (κ3) is 4.60. The maximum absolute atomic E-state index is 12.4. The number of hydrogen-bond donors (Lipinski definition) is 4. The number of hydrazine groups is 1. The molecule has 10 heteroatoms. The Morgan fingerprint density at radius 3 is 2.74 bits per heavy atom. The second kappa shape index (κ2) is 8.46. The Morgan fingerprint density at radius 2 is 1.97 bits per heavy atom. The molecule has 2 bridgehead atoms. The van der Waals surface area contributed by atoms with E-state index in [9.17, 15) is 13.6 Å². The van der Waals surface area contributed by atoms with Crippen molar-refractivity contribution in [3.8, 4) is 0 Å². The first-order valence-corrected chi connectivity index (χ1v) is 11.7. The number of rotatable bonds is 8. The third-order valence-corrected chi connectivity index (χ3v) is 7.70. The summed E-state index contributed by atoms with van der Waals surface area (Å²) in [6.07, 6.45) is 6.21. The number of amides is 1. The van der Waals surface area contributed by atoms with E-state index in [0.717, 1.165) is 51.6 Å². The minimum absolute atomic E-state index is 0.0149. The van der Waals surface area contributed by atoms with Gasteiger partial charge in [-0.2, -0.15) is 8.78 Å². The molecule has 4 N–H and O–H groups in total. The highest BCUT2D eigenvalue weighted by Crippen LogP contribution is 2.60. The lowest BCUT2D eigenvalue weighted by molar-refractivity contribution is -0.181. The van der Waals surface area contributed by atoms with Crippen LogP contribution in [0.3, 0.4) is 0 Å². The maximum atomic E-state index is 12.4. The van der Waals surface area contributed by atoms with Gasteiger partial charge >= 0.3 is 6.61 Å². The Labute approximate surface area is 182 Å². The standard InChI is InChI=1S/C21H35F2N5O3/c1-13-7-16-18(24-5-6-28(16)27-13)26-21-10-20(11-21,12-21)25-17(29)9-30-14-3-2-4-15(8-14)31-19(22)23/h13-16,18-19,24,26-27H,2-12H2,1H3,(H,25,29). The number of nitrogens with one attached hydrogen (secondary N) is 4. The molecule has 5 unspecified atom stereocenters. The van der Waals surface area contributed by atoms with E-state index in [4.69, 9.17) is 4.74 Å². The van der Waals surface area contributed by atoms with Gasteiger partial charge in [-0.25, -0.2) is 5.01 Å². The van der Waals surface area contributed by atoms with Crippen LogP contribution in [-0.4, -0.2) is 78.8 Å². The van der Waals surface area contributed by atoms with Gasteiger partial charge in [-0.15, -0.1) is 0 Å². The molecule has 1 amide bonds. The number of nitrogens with zero attached hydrogens (tertiary/aromatic N) is 1. The first-order valence-electron chi connectivity index (χ1n) is 11.7. The van der Waals surface area contributed by atoms with Crippen molar-refractivity contribution in [2.45, 2.75) is 106 Å². The lowest BCUT2D eigenvalue weighted by Crippen LogP contribution is -2.86. The summed E-state index contributed by atoms with van der Waals surface area (Å²) in [4.78, 5) is 12.4. The molecule has 6 fully saturated rings. The average molecular weight is 444 g/mol. The minimum atomic E-state index is -2.75. The molecule has 2 heterocycles. The molecule has 0 aromatic carbocycles. The number of piperazine rings is 1. The molecule has 2 aliphatic heterocycles. The fourth-order valence-electron chi connectivity index (χ4n) is 6.54. The Bertz CT molecular complexity index is 664. The molecular weight excluding hydrogens is 408 g/mol. The van der Waals surface area contributed by atoms with Crippen molar-refractivity contribution in [1.82, 2.24) is 26.4 Å². The van der Waals surface area contributed by atoms with Gasteiger partial charge in [0.2, 0.25) is 5.91 Å². The van der Waals surface area contributed by atoms with Crippen molar-refractivity contribution in [1.29, 1.82) is 0 Å². The molecule has 2 saturated heterocycles. The molecule has 0 spiro atoms. The number of carbonyl (C=O) groups is 1. The molecule has 8 nitrogen and oxygen atoms in total. The van der Waals surface area contributed by atoms with Crippen molar-refractivity contribution in [2.24, 2.45) is 0 Å². The van der Waals surface area contributed by atoms with Crippen molar-refractivity contribution in [2.75, 3.05) is 19.7 Å². The van der Waals surface area contributed by atoms with Gasteiger partial charge in [-0.1, -0.05) is 0 Å². The summed E-state index contributed by atoms with van der Waals surface area (Å²) in [6, 6.07) is 0.972. The number of hydrogen-bond acceptors (Lipinski definition) is 7. The highest BCUT2D eigenvalue weighted by atomic mass is 19.3. The maximum Gasteiger partial charge on any atom is 0.345 e. The zero-order valence-corrected chi connectivity index (χ0v) is 18.2. The fourth-order valence-corrected chi connectivity index (χ4v) is 6.54. The molecule has 31 heavy (non-hydrogen) atoms. The van der Waals surface area contributed by atoms with Gasteiger partial charge < -0.3 is 14.8 Å². The molecule has 6 aliphatic rings. The molecule has 176 valence electrons. The first-order chi connectivity index (χ1) is 14.8. The van der Waals surface area contributed by atoms with Gasteiger partial charge in [-0.3, -0.25) is 20.9 Å². The van der Waals surface area contributed by atoms with E-state index in [2.05, 4.69) is 38.0 Å². The van der Waals surface area contributed by atoms with Crippen molar-refractivity contribution in [3.05, 3.63) is 0 Å². The lowest BCUT2D eigenvalue weighted by atomic mass is 9.44. The van der Waals surface area contributed by atoms with E-state index in [1.165, 1.54) is 0 Å². The van der Waals surface area contributed by atoms with Crippen LogP contribution in [0.25, 0.3) is 0 Å². The van der Waals surface area contributed by atoms with Crippen LogP contribution in [0.15, 0.2) is 0 Å². The summed E-state index contributed by atoms with van der Waals surface area (Å²) < 4.78 is 35.2. The van der Waals surface area contributed by atoms with Crippen LogP contribution in [-0.2, 0) is 14.3 Å². The second-order valence-electron chi connectivity index (χ2n) is 10.4. The third-order valence-electron chi connectivity index (χ3n) is 7.70. The predicted octanol–water partition coefficient (Wildman–Crippen LogP) is 0.831. The molecule has 5 atom stereocenters. The molecular formula is C21H35F2N5O3. The summed E-state index contributed by atoms with van der Waals surface area (Å²) in [7, 11) is 0. The summed E-state index contributed by atoms with van der Waals surface area (Å²) in [5.41, 5.74) is 3.57. The van der Waals surface area contributed by atoms with Crippen molar-refractivity contribution < 1.29 is 23.0 Å². The van der Waals surface area contributed by atoms with Gasteiger partial charge in [0.1, 0.15) is 6.61 Å². The normalized spacial score (nSPS) is 44.5. The number of ether oxygens (including phenoxy) is 2. The highest BCUT2D eigenvalue weighted by Gasteiger charge is 2.69. The monoisotopic (exact) mass is 443 g/mol. The summed E-state index contributed by atoms with van der Waals surface area (Å²) in [6.45, 7) is 1.45. The zero-order chi connectivity index (χ0) is 21.6. The first kappa shape index (κ1) is 21.9. The van der Waals surface area contributed by atoms with Crippen LogP contribution in [0.4, 0.5) is 8.78 Å². The number of carbonyl (C=O) groups excluding carboxylic acids is 1. The summed E-state index contributed by atoms with van der Waals surface area (Å²) in [5.74, 6) is -0.110. The van der Waals surface area contributed by atoms with Crippen LogP contribution < -0.4 is 21.4 Å². The zero-order valence-electron chi connectivity index (χ0n) is 18.2. The van der Waals surface area contributed by atoms with Crippen LogP contribution >= 0.6 is 0 Å². The van der Waals surface area contributed by atoms with E-state index in [1.54, 1.807) is 0 Å². The van der Waals surface area contributed by atoms with Crippen LogP contribution in [0, 0.1) is 0 Å².